The highest BCUT2D eigenvalue weighted by molar-refractivity contribution is 5.51. The van der Waals surface area contributed by atoms with Gasteiger partial charge in [0, 0.05) is 18.8 Å². The van der Waals surface area contributed by atoms with Crippen LogP contribution in [-0.2, 0) is 6.54 Å². The van der Waals surface area contributed by atoms with Crippen molar-refractivity contribution in [2.75, 3.05) is 17.2 Å². The number of para-hydroxylation sites is 1. The molecule has 0 radical (unpaired) electrons. The van der Waals surface area contributed by atoms with Crippen LogP contribution in [0.4, 0.5) is 15.8 Å². The number of benzene rings is 2. The smallest absolute Gasteiger partial charge is 0.146 e. The van der Waals surface area contributed by atoms with Crippen LogP contribution in [0.3, 0.4) is 0 Å². The molecule has 0 aliphatic rings. The average Bonchev–Trinajstić information content (AvgIpc) is 2.41. The zero-order valence-corrected chi connectivity index (χ0v) is 11.4. The van der Waals surface area contributed by atoms with Crippen LogP contribution in [0.1, 0.15) is 18.1 Å². The Kier molecular flexibility index (Phi) is 4.05. The van der Waals surface area contributed by atoms with Gasteiger partial charge in [-0.2, -0.15) is 0 Å². The Bertz CT molecular complexity index is 566. The van der Waals surface area contributed by atoms with Gasteiger partial charge in [0.1, 0.15) is 5.82 Å². The van der Waals surface area contributed by atoms with Crippen molar-refractivity contribution >= 4 is 11.4 Å². The SMILES string of the molecule is CCN(Cc1ccc(C)c(N)c1)c1ccccc1F. The van der Waals surface area contributed by atoms with Crippen LogP contribution < -0.4 is 10.6 Å². The van der Waals surface area contributed by atoms with Crippen molar-refractivity contribution in [2.45, 2.75) is 20.4 Å². The number of aryl methyl sites for hydroxylation is 1. The molecule has 2 rings (SSSR count). The molecule has 2 nitrogen and oxygen atoms in total. The Morgan fingerprint density at radius 3 is 2.53 bits per heavy atom. The van der Waals surface area contributed by atoms with Crippen LogP contribution in [0.5, 0.6) is 0 Å². The number of anilines is 2. The van der Waals surface area contributed by atoms with Crippen molar-refractivity contribution in [3.8, 4) is 0 Å². The fraction of sp³-hybridized carbons (Fsp3) is 0.250. The van der Waals surface area contributed by atoms with E-state index in [2.05, 4.69) is 0 Å². The molecule has 100 valence electrons. The molecule has 0 spiro atoms. The van der Waals surface area contributed by atoms with Gasteiger partial charge < -0.3 is 10.6 Å². The van der Waals surface area contributed by atoms with E-state index in [0.29, 0.717) is 12.2 Å². The van der Waals surface area contributed by atoms with E-state index in [1.807, 2.05) is 43.0 Å². The lowest BCUT2D eigenvalue weighted by molar-refractivity contribution is 0.618. The van der Waals surface area contributed by atoms with E-state index in [9.17, 15) is 4.39 Å². The van der Waals surface area contributed by atoms with E-state index in [4.69, 9.17) is 5.73 Å². The van der Waals surface area contributed by atoms with Crippen LogP contribution in [-0.4, -0.2) is 6.54 Å². The third kappa shape index (κ3) is 3.05. The Morgan fingerprint density at radius 1 is 1.16 bits per heavy atom. The minimum absolute atomic E-state index is 0.190. The van der Waals surface area contributed by atoms with E-state index in [0.717, 1.165) is 23.4 Å². The lowest BCUT2D eigenvalue weighted by atomic mass is 10.1. The number of nitrogens with zero attached hydrogens (tertiary/aromatic N) is 1. The monoisotopic (exact) mass is 258 g/mol. The zero-order valence-electron chi connectivity index (χ0n) is 11.4. The highest BCUT2D eigenvalue weighted by Crippen LogP contribution is 2.22. The van der Waals surface area contributed by atoms with Gasteiger partial charge in [-0.25, -0.2) is 4.39 Å². The van der Waals surface area contributed by atoms with E-state index in [1.54, 1.807) is 12.1 Å². The summed E-state index contributed by atoms with van der Waals surface area (Å²) in [5.41, 5.74) is 9.48. The average molecular weight is 258 g/mol. The van der Waals surface area contributed by atoms with Crippen molar-refractivity contribution in [3.05, 3.63) is 59.4 Å². The second-order valence-corrected chi connectivity index (χ2v) is 4.66. The predicted octanol–water partition coefficient (Wildman–Crippen LogP) is 3.74. The summed E-state index contributed by atoms with van der Waals surface area (Å²) in [5.74, 6) is -0.190. The highest BCUT2D eigenvalue weighted by atomic mass is 19.1. The van der Waals surface area contributed by atoms with Crippen LogP contribution in [0.15, 0.2) is 42.5 Å². The van der Waals surface area contributed by atoms with Crippen LogP contribution >= 0.6 is 0 Å². The van der Waals surface area contributed by atoms with Gasteiger partial charge in [-0.05, 0) is 43.2 Å². The predicted molar refractivity (Wildman–Crippen MR) is 78.7 cm³/mol. The van der Waals surface area contributed by atoms with Crippen LogP contribution in [0.2, 0.25) is 0 Å². The molecule has 2 aromatic carbocycles. The molecule has 0 aliphatic carbocycles. The minimum atomic E-state index is -0.190. The Labute approximate surface area is 113 Å². The molecule has 2 aromatic rings. The fourth-order valence-corrected chi connectivity index (χ4v) is 2.08. The molecule has 3 heteroatoms. The minimum Gasteiger partial charge on any atom is -0.399 e. The number of halogens is 1. The summed E-state index contributed by atoms with van der Waals surface area (Å²) < 4.78 is 13.8. The molecule has 0 saturated carbocycles. The summed E-state index contributed by atoms with van der Waals surface area (Å²) in [6.07, 6.45) is 0. The molecule has 0 aliphatic heterocycles. The van der Waals surface area contributed by atoms with Crippen LogP contribution in [0.25, 0.3) is 0 Å². The topological polar surface area (TPSA) is 29.3 Å². The lowest BCUT2D eigenvalue weighted by Gasteiger charge is -2.24. The third-order valence-electron chi connectivity index (χ3n) is 3.29. The lowest BCUT2D eigenvalue weighted by Crippen LogP contribution is -2.23. The molecule has 0 atom stereocenters. The largest absolute Gasteiger partial charge is 0.399 e. The highest BCUT2D eigenvalue weighted by Gasteiger charge is 2.10. The first-order valence-electron chi connectivity index (χ1n) is 6.46. The van der Waals surface area contributed by atoms with Gasteiger partial charge in [0.15, 0.2) is 0 Å². The van der Waals surface area contributed by atoms with Gasteiger partial charge in [-0.3, -0.25) is 0 Å². The summed E-state index contributed by atoms with van der Waals surface area (Å²) in [7, 11) is 0. The Hall–Kier alpha value is -2.03. The van der Waals surface area contributed by atoms with Gasteiger partial charge in [0.2, 0.25) is 0 Å². The number of hydrogen-bond donors (Lipinski definition) is 1. The molecular formula is C16H19FN2. The van der Waals surface area contributed by atoms with Crippen molar-refractivity contribution in [1.82, 2.24) is 0 Å². The van der Waals surface area contributed by atoms with Crippen LogP contribution in [0, 0.1) is 12.7 Å². The molecule has 0 fully saturated rings. The zero-order chi connectivity index (χ0) is 13.8. The van der Waals surface area contributed by atoms with Gasteiger partial charge in [0.25, 0.3) is 0 Å². The fourth-order valence-electron chi connectivity index (χ4n) is 2.08. The molecule has 19 heavy (non-hydrogen) atoms. The first kappa shape index (κ1) is 13.4. The molecule has 0 bridgehead atoms. The second kappa shape index (κ2) is 5.74. The molecule has 0 saturated heterocycles. The van der Waals surface area contributed by atoms with Crippen molar-refractivity contribution in [3.63, 3.8) is 0 Å². The summed E-state index contributed by atoms with van der Waals surface area (Å²) in [4.78, 5) is 2.00. The Morgan fingerprint density at radius 2 is 1.89 bits per heavy atom. The van der Waals surface area contributed by atoms with Crippen molar-refractivity contribution in [2.24, 2.45) is 0 Å². The molecule has 0 heterocycles. The Balaban J connectivity index is 2.24. The maximum Gasteiger partial charge on any atom is 0.146 e. The number of nitrogen functional groups attached to an aromatic ring is 1. The normalized spacial score (nSPS) is 10.5. The summed E-state index contributed by atoms with van der Waals surface area (Å²) >= 11 is 0. The molecular weight excluding hydrogens is 239 g/mol. The first-order chi connectivity index (χ1) is 9.11. The van der Waals surface area contributed by atoms with E-state index < -0.39 is 0 Å². The molecule has 2 N–H and O–H groups in total. The summed E-state index contributed by atoms with van der Waals surface area (Å²) in [6, 6.07) is 12.8. The van der Waals surface area contributed by atoms with E-state index >= 15 is 0 Å². The summed E-state index contributed by atoms with van der Waals surface area (Å²) in [6.45, 7) is 5.40. The van der Waals surface area contributed by atoms with Gasteiger partial charge in [-0.15, -0.1) is 0 Å². The first-order valence-corrected chi connectivity index (χ1v) is 6.46. The number of nitrogens with two attached hydrogens (primary N) is 1. The standard InChI is InChI=1S/C16H19FN2/c1-3-19(16-7-5-4-6-14(16)17)11-13-9-8-12(2)15(18)10-13/h4-10H,3,11,18H2,1-2H3. The summed E-state index contributed by atoms with van der Waals surface area (Å²) in [5, 5.41) is 0. The quantitative estimate of drug-likeness (QED) is 0.846. The second-order valence-electron chi connectivity index (χ2n) is 4.66. The number of hydrogen-bond acceptors (Lipinski definition) is 2. The van der Waals surface area contributed by atoms with Crippen molar-refractivity contribution in [1.29, 1.82) is 0 Å². The third-order valence-corrected chi connectivity index (χ3v) is 3.29. The van der Waals surface area contributed by atoms with E-state index in [-0.39, 0.29) is 5.82 Å². The maximum atomic E-state index is 13.8. The van der Waals surface area contributed by atoms with Crippen molar-refractivity contribution < 1.29 is 4.39 Å². The molecule has 0 unspecified atom stereocenters. The van der Waals surface area contributed by atoms with Gasteiger partial charge in [0.05, 0.1) is 5.69 Å². The van der Waals surface area contributed by atoms with E-state index in [1.165, 1.54) is 6.07 Å². The molecule has 0 amide bonds. The number of rotatable bonds is 4. The van der Waals surface area contributed by atoms with Gasteiger partial charge >= 0.3 is 0 Å². The molecule has 0 aromatic heterocycles. The van der Waals surface area contributed by atoms with Gasteiger partial charge in [-0.1, -0.05) is 24.3 Å². The maximum absolute atomic E-state index is 13.8.